The van der Waals surface area contributed by atoms with Crippen molar-refractivity contribution in [3.8, 4) is 0 Å². The van der Waals surface area contributed by atoms with Crippen molar-refractivity contribution in [1.82, 2.24) is 5.32 Å². The summed E-state index contributed by atoms with van der Waals surface area (Å²) in [5.41, 5.74) is 0. The van der Waals surface area contributed by atoms with E-state index in [4.69, 9.17) is 4.74 Å². The first kappa shape index (κ1) is 14.3. The lowest BCUT2D eigenvalue weighted by Crippen LogP contribution is -2.47. The van der Waals surface area contributed by atoms with Crippen LogP contribution >= 0.6 is 0 Å². The molecule has 1 N–H and O–H groups in total. The van der Waals surface area contributed by atoms with Crippen LogP contribution in [0.1, 0.15) is 58.8 Å². The minimum Gasteiger partial charge on any atom is -0.383 e. The third kappa shape index (κ3) is 3.71. The van der Waals surface area contributed by atoms with E-state index in [1.54, 1.807) is 0 Å². The van der Waals surface area contributed by atoms with Gasteiger partial charge in [-0.3, -0.25) is 0 Å². The minimum atomic E-state index is 0.528. The van der Waals surface area contributed by atoms with Crippen LogP contribution in [0.2, 0.25) is 0 Å². The first-order valence-electron chi connectivity index (χ1n) is 7.95. The number of hydrogen-bond donors (Lipinski definition) is 1. The second-order valence-electron chi connectivity index (χ2n) is 6.79. The number of nitrogens with one attached hydrogen (secondary N) is 1. The zero-order valence-electron chi connectivity index (χ0n) is 12.5. The maximum atomic E-state index is 5.35. The van der Waals surface area contributed by atoms with Gasteiger partial charge in [0.05, 0.1) is 6.61 Å². The molecule has 2 rings (SSSR count). The van der Waals surface area contributed by atoms with E-state index in [1.165, 1.54) is 44.9 Å². The second-order valence-corrected chi connectivity index (χ2v) is 6.79. The average Bonchev–Trinajstić information content (AvgIpc) is 2.38. The number of hydrogen-bond acceptors (Lipinski definition) is 2. The fourth-order valence-corrected chi connectivity index (χ4v) is 3.94. The summed E-state index contributed by atoms with van der Waals surface area (Å²) in [6.07, 6.45) is 10.2. The lowest BCUT2D eigenvalue weighted by atomic mass is 9.69. The number of fused-ring (bicyclic) bond motifs is 1. The van der Waals surface area contributed by atoms with Crippen molar-refractivity contribution in [2.24, 2.45) is 17.8 Å². The molecule has 18 heavy (non-hydrogen) atoms. The number of methoxy groups -OCH3 is 1. The van der Waals surface area contributed by atoms with Crippen LogP contribution in [0, 0.1) is 17.8 Å². The fourth-order valence-electron chi connectivity index (χ4n) is 3.94. The molecule has 2 nitrogen and oxygen atoms in total. The van der Waals surface area contributed by atoms with Crippen molar-refractivity contribution in [2.75, 3.05) is 13.7 Å². The largest absolute Gasteiger partial charge is 0.383 e. The molecule has 0 aliphatic heterocycles. The predicted octanol–water partition coefficient (Wildman–Crippen LogP) is 3.61. The van der Waals surface area contributed by atoms with Gasteiger partial charge in [-0.05, 0) is 37.0 Å². The van der Waals surface area contributed by atoms with Gasteiger partial charge in [-0.2, -0.15) is 0 Å². The monoisotopic (exact) mass is 253 g/mol. The molecule has 0 heterocycles. The topological polar surface area (TPSA) is 21.3 Å². The van der Waals surface area contributed by atoms with Crippen molar-refractivity contribution >= 4 is 0 Å². The van der Waals surface area contributed by atoms with Crippen LogP contribution in [0.3, 0.4) is 0 Å². The molecule has 106 valence electrons. The molecule has 0 aromatic carbocycles. The quantitative estimate of drug-likeness (QED) is 0.808. The normalized spacial score (nSPS) is 34.3. The van der Waals surface area contributed by atoms with E-state index < -0.39 is 0 Å². The van der Waals surface area contributed by atoms with Crippen molar-refractivity contribution < 1.29 is 4.74 Å². The molecule has 0 amide bonds. The van der Waals surface area contributed by atoms with Gasteiger partial charge in [0, 0.05) is 19.2 Å². The minimum absolute atomic E-state index is 0.528. The summed E-state index contributed by atoms with van der Waals surface area (Å²) in [7, 11) is 1.81. The molecule has 2 aliphatic carbocycles. The molecule has 4 unspecified atom stereocenters. The van der Waals surface area contributed by atoms with Crippen LogP contribution in [0.4, 0.5) is 0 Å². The van der Waals surface area contributed by atoms with Gasteiger partial charge in [0.25, 0.3) is 0 Å². The summed E-state index contributed by atoms with van der Waals surface area (Å²) < 4.78 is 5.35. The highest BCUT2D eigenvalue weighted by molar-refractivity contribution is 4.88. The Labute approximate surface area is 113 Å². The molecule has 0 aromatic heterocycles. The van der Waals surface area contributed by atoms with E-state index in [0.717, 1.165) is 24.5 Å². The lowest BCUT2D eigenvalue weighted by Gasteiger charge is -2.41. The Balaban J connectivity index is 1.82. The van der Waals surface area contributed by atoms with Crippen molar-refractivity contribution in [2.45, 2.75) is 70.9 Å². The van der Waals surface area contributed by atoms with Gasteiger partial charge in [-0.25, -0.2) is 0 Å². The highest BCUT2D eigenvalue weighted by atomic mass is 16.5. The molecule has 0 saturated heterocycles. The Hall–Kier alpha value is -0.0800. The SMILES string of the molecule is COCC(NC1CCC2CCCCC2C1)C(C)C. The standard InChI is InChI=1S/C16H31NO/c1-12(2)16(11-18-3)17-15-9-8-13-6-4-5-7-14(13)10-15/h12-17H,4-11H2,1-3H3. The molecule has 0 spiro atoms. The van der Waals surface area contributed by atoms with Crippen molar-refractivity contribution in [3.63, 3.8) is 0 Å². The first-order chi connectivity index (χ1) is 8.70. The Bertz CT molecular complexity index is 241. The highest BCUT2D eigenvalue weighted by Gasteiger charge is 2.33. The van der Waals surface area contributed by atoms with Crippen LogP contribution in [0.25, 0.3) is 0 Å². The van der Waals surface area contributed by atoms with Crippen LogP contribution in [-0.2, 0) is 4.74 Å². The van der Waals surface area contributed by atoms with Crippen LogP contribution in [0.15, 0.2) is 0 Å². The Morgan fingerprint density at radius 1 is 1.06 bits per heavy atom. The van der Waals surface area contributed by atoms with Gasteiger partial charge in [-0.15, -0.1) is 0 Å². The van der Waals surface area contributed by atoms with Crippen LogP contribution < -0.4 is 5.32 Å². The first-order valence-corrected chi connectivity index (χ1v) is 7.95. The molecule has 0 aromatic rings. The molecule has 2 heteroatoms. The Kier molecular flexibility index (Phi) is 5.50. The van der Waals surface area contributed by atoms with E-state index in [-0.39, 0.29) is 0 Å². The van der Waals surface area contributed by atoms with Gasteiger partial charge in [0.2, 0.25) is 0 Å². The number of ether oxygens (including phenoxy) is 1. The maximum absolute atomic E-state index is 5.35. The third-order valence-corrected chi connectivity index (χ3v) is 5.14. The summed E-state index contributed by atoms with van der Waals surface area (Å²) in [4.78, 5) is 0. The number of rotatable bonds is 5. The summed E-state index contributed by atoms with van der Waals surface area (Å²) in [5.74, 6) is 2.73. The average molecular weight is 253 g/mol. The molecule has 2 aliphatic rings. The summed E-state index contributed by atoms with van der Waals surface area (Å²) in [6, 6.07) is 1.27. The van der Waals surface area contributed by atoms with E-state index in [1.807, 2.05) is 7.11 Å². The van der Waals surface area contributed by atoms with Crippen LogP contribution in [0.5, 0.6) is 0 Å². The molecular weight excluding hydrogens is 222 g/mol. The summed E-state index contributed by atoms with van der Waals surface area (Å²) in [6.45, 7) is 5.44. The predicted molar refractivity (Wildman–Crippen MR) is 76.7 cm³/mol. The molecule has 2 saturated carbocycles. The second kappa shape index (κ2) is 6.91. The molecule has 0 radical (unpaired) electrons. The Morgan fingerprint density at radius 2 is 1.78 bits per heavy atom. The van der Waals surface area contributed by atoms with Gasteiger partial charge >= 0.3 is 0 Å². The van der Waals surface area contributed by atoms with Crippen LogP contribution in [-0.4, -0.2) is 25.8 Å². The van der Waals surface area contributed by atoms with Gasteiger partial charge in [-0.1, -0.05) is 39.5 Å². The van der Waals surface area contributed by atoms with Gasteiger partial charge in [0.1, 0.15) is 0 Å². The third-order valence-electron chi connectivity index (χ3n) is 5.14. The molecule has 4 atom stereocenters. The van der Waals surface area contributed by atoms with Gasteiger partial charge in [0.15, 0.2) is 0 Å². The summed E-state index contributed by atoms with van der Waals surface area (Å²) in [5, 5.41) is 3.86. The van der Waals surface area contributed by atoms with Crippen molar-refractivity contribution in [1.29, 1.82) is 0 Å². The van der Waals surface area contributed by atoms with E-state index in [0.29, 0.717) is 12.0 Å². The molecule has 0 bridgehead atoms. The zero-order chi connectivity index (χ0) is 13.0. The molecule has 2 fully saturated rings. The highest BCUT2D eigenvalue weighted by Crippen LogP contribution is 2.40. The molecular formula is C16H31NO. The van der Waals surface area contributed by atoms with E-state index in [9.17, 15) is 0 Å². The van der Waals surface area contributed by atoms with Gasteiger partial charge < -0.3 is 10.1 Å². The summed E-state index contributed by atoms with van der Waals surface area (Å²) >= 11 is 0. The lowest BCUT2D eigenvalue weighted by molar-refractivity contribution is 0.105. The zero-order valence-corrected chi connectivity index (χ0v) is 12.5. The van der Waals surface area contributed by atoms with E-state index >= 15 is 0 Å². The van der Waals surface area contributed by atoms with Crippen molar-refractivity contribution in [3.05, 3.63) is 0 Å². The van der Waals surface area contributed by atoms with E-state index in [2.05, 4.69) is 19.2 Å². The Morgan fingerprint density at radius 3 is 2.44 bits per heavy atom. The maximum Gasteiger partial charge on any atom is 0.0618 e. The smallest absolute Gasteiger partial charge is 0.0618 e. The fraction of sp³-hybridized carbons (Fsp3) is 1.00.